The molecular formula is C11H13NO2. The topological polar surface area (TPSA) is 40.5 Å². The van der Waals surface area contributed by atoms with Gasteiger partial charge in [0.15, 0.2) is 0 Å². The highest BCUT2D eigenvalue weighted by molar-refractivity contribution is 5.83. The number of nitrogens with zero attached hydrogens (tertiary/aromatic N) is 1. The number of benzene rings is 1. The monoisotopic (exact) mass is 191 g/mol. The number of likely N-dealkylation sites (tertiary alicyclic amines) is 1. The summed E-state index contributed by atoms with van der Waals surface area (Å²) in [5, 5.41) is 9.23. The predicted molar refractivity (Wildman–Crippen MR) is 53.3 cm³/mol. The van der Waals surface area contributed by atoms with Gasteiger partial charge in [-0.2, -0.15) is 0 Å². The highest BCUT2D eigenvalue weighted by Gasteiger charge is 2.49. The number of carbonyl (C=O) groups is 1. The van der Waals surface area contributed by atoms with Crippen LogP contribution in [0.1, 0.15) is 5.56 Å². The zero-order valence-electron chi connectivity index (χ0n) is 8.10. The second-order valence-corrected chi connectivity index (χ2v) is 3.93. The van der Waals surface area contributed by atoms with Crippen molar-refractivity contribution < 1.29 is 9.90 Å². The summed E-state index contributed by atoms with van der Waals surface area (Å²) in [6.45, 7) is 1.21. The molecule has 0 saturated carbocycles. The first kappa shape index (κ1) is 9.21. The molecular weight excluding hydrogens is 178 g/mol. The second-order valence-electron chi connectivity index (χ2n) is 3.93. The highest BCUT2D eigenvalue weighted by atomic mass is 16.4. The summed E-state index contributed by atoms with van der Waals surface area (Å²) >= 11 is 0. The van der Waals surface area contributed by atoms with Crippen LogP contribution in [-0.2, 0) is 10.2 Å². The molecule has 0 spiro atoms. The van der Waals surface area contributed by atoms with E-state index in [1.807, 2.05) is 42.3 Å². The van der Waals surface area contributed by atoms with Crippen LogP contribution in [0.2, 0.25) is 0 Å². The summed E-state index contributed by atoms with van der Waals surface area (Å²) in [5.74, 6) is -0.721. The van der Waals surface area contributed by atoms with Gasteiger partial charge in [0.05, 0.1) is 0 Å². The minimum Gasteiger partial charge on any atom is -0.481 e. The Balaban J connectivity index is 2.34. The molecule has 3 nitrogen and oxygen atoms in total. The van der Waals surface area contributed by atoms with E-state index in [4.69, 9.17) is 0 Å². The van der Waals surface area contributed by atoms with Crippen molar-refractivity contribution in [2.75, 3.05) is 20.1 Å². The number of carboxylic acid groups (broad SMARTS) is 1. The van der Waals surface area contributed by atoms with Gasteiger partial charge in [-0.1, -0.05) is 30.3 Å². The van der Waals surface area contributed by atoms with Gasteiger partial charge in [0.2, 0.25) is 0 Å². The van der Waals surface area contributed by atoms with Crippen LogP contribution < -0.4 is 0 Å². The molecule has 0 radical (unpaired) electrons. The normalized spacial score (nSPS) is 20.1. The van der Waals surface area contributed by atoms with Crippen molar-refractivity contribution in [1.82, 2.24) is 4.90 Å². The van der Waals surface area contributed by atoms with Crippen LogP contribution in [0.4, 0.5) is 0 Å². The fraction of sp³-hybridized carbons (Fsp3) is 0.364. The maximum absolute atomic E-state index is 11.2. The van der Waals surface area contributed by atoms with E-state index in [1.54, 1.807) is 0 Å². The largest absolute Gasteiger partial charge is 0.481 e. The molecule has 1 aromatic carbocycles. The molecule has 0 unspecified atom stereocenters. The molecule has 1 saturated heterocycles. The average Bonchev–Trinajstić information content (AvgIpc) is 2.13. The van der Waals surface area contributed by atoms with Crippen molar-refractivity contribution in [3.05, 3.63) is 35.9 Å². The van der Waals surface area contributed by atoms with Crippen molar-refractivity contribution in [3.63, 3.8) is 0 Å². The van der Waals surface area contributed by atoms with Gasteiger partial charge >= 0.3 is 5.97 Å². The van der Waals surface area contributed by atoms with Crippen molar-refractivity contribution in [2.24, 2.45) is 0 Å². The summed E-state index contributed by atoms with van der Waals surface area (Å²) in [6.07, 6.45) is 0. The molecule has 1 fully saturated rings. The minimum absolute atomic E-state index is 0.604. The standard InChI is InChI=1S/C11H13NO2/c1-12-7-11(8-12,10(13)14)9-5-3-2-4-6-9/h2-6H,7-8H2,1H3,(H,13,14). The molecule has 74 valence electrons. The van der Waals surface area contributed by atoms with E-state index in [2.05, 4.69) is 0 Å². The van der Waals surface area contributed by atoms with Gasteiger partial charge < -0.3 is 10.0 Å². The number of likely N-dealkylation sites (N-methyl/N-ethyl adjacent to an activating group) is 1. The average molecular weight is 191 g/mol. The fourth-order valence-electron chi connectivity index (χ4n) is 2.07. The Bertz CT molecular complexity index is 342. The Morgan fingerprint density at radius 3 is 2.36 bits per heavy atom. The molecule has 1 heterocycles. The summed E-state index contributed by atoms with van der Waals surface area (Å²) in [7, 11) is 1.93. The molecule has 2 rings (SSSR count). The molecule has 14 heavy (non-hydrogen) atoms. The zero-order chi connectivity index (χ0) is 10.2. The van der Waals surface area contributed by atoms with E-state index in [1.165, 1.54) is 0 Å². The van der Waals surface area contributed by atoms with Crippen LogP contribution in [0, 0.1) is 0 Å². The van der Waals surface area contributed by atoms with Gasteiger partial charge in [0.25, 0.3) is 0 Å². The van der Waals surface area contributed by atoms with Gasteiger partial charge in [-0.3, -0.25) is 4.79 Å². The van der Waals surface area contributed by atoms with Gasteiger partial charge in [-0.15, -0.1) is 0 Å². The van der Waals surface area contributed by atoms with Crippen LogP contribution in [0.15, 0.2) is 30.3 Å². The first-order valence-electron chi connectivity index (χ1n) is 4.63. The van der Waals surface area contributed by atoms with Gasteiger partial charge in [0.1, 0.15) is 5.41 Å². The van der Waals surface area contributed by atoms with Crippen LogP contribution in [0.3, 0.4) is 0 Å². The first-order chi connectivity index (χ1) is 6.65. The maximum Gasteiger partial charge on any atom is 0.316 e. The van der Waals surface area contributed by atoms with E-state index in [-0.39, 0.29) is 0 Å². The van der Waals surface area contributed by atoms with Crippen LogP contribution in [0.5, 0.6) is 0 Å². The minimum atomic E-state index is -0.721. The fourth-order valence-corrected chi connectivity index (χ4v) is 2.07. The number of hydrogen-bond acceptors (Lipinski definition) is 2. The van der Waals surface area contributed by atoms with Gasteiger partial charge in [-0.05, 0) is 12.6 Å². The summed E-state index contributed by atoms with van der Waals surface area (Å²) in [6, 6.07) is 9.46. The first-order valence-corrected chi connectivity index (χ1v) is 4.63. The van der Waals surface area contributed by atoms with Crippen LogP contribution in [-0.4, -0.2) is 36.1 Å². The lowest BCUT2D eigenvalue weighted by Gasteiger charge is -2.45. The molecule has 1 aliphatic rings. The Morgan fingerprint density at radius 1 is 1.36 bits per heavy atom. The molecule has 1 N–H and O–H groups in total. The molecule has 1 aromatic rings. The van der Waals surface area contributed by atoms with E-state index >= 15 is 0 Å². The Kier molecular flexibility index (Phi) is 2.04. The van der Waals surface area contributed by atoms with Crippen LogP contribution in [0.25, 0.3) is 0 Å². The second kappa shape index (κ2) is 3.10. The molecule has 1 aliphatic heterocycles. The van der Waals surface area contributed by atoms with Crippen molar-refractivity contribution in [1.29, 1.82) is 0 Å². The van der Waals surface area contributed by atoms with E-state index in [0.29, 0.717) is 13.1 Å². The number of rotatable bonds is 2. The van der Waals surface area contributed by atoms with Crippen molar-refractivity contribution >= 4 is 5.97 Å². The Morgan fingerprint density at radius 2 is 1.93 bits per heavy atom. The molecule has 3 heteroatoms. The quantitative estimate of drug-likeness (QED) is 0.756. The Hall–Kier alpha value is -1.35. The SMILES string of the molecule is CN1CC(C(=O)O)(c2ccccc2)C1. The molecule has 0 bridgehead atoms. The van der Waals surface area contributed by atoms with E-state index < -0.39 is 11.4 Å². The smallest absolute Gasteiger partial charge is 0.316 e. The summed E-state index contributed by atoms with van der Waals surface area (Å²) in [5.41, 5.74) is 0.237. The van der Waals surface area contributed by atoms with Crippen LogP contribution >= 0.6 is 0 Å². The van der Waals surface area contributed by atoms with Crippen molar-refractivity contribution in [2.45, 2.75) is 5.41 Å². The molecule has 0 aliphatic carbocycles. The van der Waals surface area contributed by atoms with E-state index in [9.17, 15) is 9.90 Å². The number of carboxylic acids is 1. The van der Waals surface area contributed by atoms with Gasteiger partial charge in [0, 0.05) is 13.1 Å². The third kappa shape index (κ3) is 1.21. The molecule has 0 amide bonds. The van der Waals surface area contributed by atoms with Gasteiger partial charge in [-0.25, -0.2) is 0 Å². The summed E-state index contributed by atoms with van der Waals surface area (Å²) < 4.78 is 0. The highest BCUT2D eigenvalue weighted by Crippen LogP contribution is 2.33. The lowest BCUT2D eigenvalue weighted by atomic mass is 9.74. The lowest BCUT2D eigenvalue weighted by molar-refractivity contribution is -0.150. The molecule has 0 aromatic heterocycles. The number of hydrogen-bond donors (Lipinski definition) is 1. The lowest BCUT2D eigenvalue weighted by Crippen LogP contribution is -2.61. The van der Waals surface area contributed by atoms with Crippen molar-refractivity contribution in [3.8, 4) is 0 Å². The van der Waals surface area contributed by atoms with E-state index in [0.717, 1.165) is 5.56 Å². The summed E-state index contributed by atoms with van der Waals surface area (Å²) in [4.78, 5) is 13.2. The number of aliphatic carboxylic acids is 1. The Labute approximate surface area is 83.0 Å². The third-order valence-corrected chi connectivity index (χ3v) is 2.82. The molecule has 0 atom stereocenters. The maximum atomic E-state index is 11.2. The third-order valence-electron chi connectivity index (χ3n) is 2.82. The zero-order valence-corrected chi connectivity index (χ0v) is 8.10. The predicted octanol–water partition coefficient (Wildman–Crippen LogP) is 0.954.